The molecule has 0 aliphatic carbocycles. The minimum Gasteiger partial charge on any atom is -0.508 e. The second kappa shape index (κ2) is 5.00. The summed E-state index contributed by atoms with van der Waals surface area (Å²) in [5, 5.41) is 11.9. The summed E-state index contributed by atoms with van der Waals surface area (Å²) in [6.45, 7) is 3.09. The van der Waals surface area contributed by atoms with Crippen LogP contribution in [-0.2, 0) is 17.8 Å². The first-order valence-corrected chi connectivity index (χ1v) is 6.92. The van der Waals surface area contributed by atoms with Crippen LogP contribution in [-0.4, -0.2) is 16.0 Å². The predicted molar refractivity (Wildman–Crippen MR) is 81.2 cm³/mol. The van der Waals surface area contributed by atoms with Gasteiger partial charge in [-0.3, -0.25) is 0 Å². The lowest BCUT2D eigenvalue weighted by atomic mass is 10.1. The summed E-state index contributed by atoms with van der Waals surface area (Å²) in [6, 6.07) is 11.6. The Kier molecular flexibility index (Phi) is 3.18. The van der Waals surface area contributed by atoms with Gasteiger partial charge in [0.05, 0.1) is 0 Å². The molecule has 3 aromatic rings. The number of phenols is 1. The zero-order chi connectivity index (χ0) is 14.1. The average molecular weight is 267 g/mol. The zero-order valence-corrected chi connectivity index (χ0v) is 11.5. The molecule has 1 heterocycles. The minimum absolute atomic E-state index is 0.272. The van der Waals surface area contributed by atoms with Crippen LogP contribution < -0.4 is 0 Å². The molecule has 20 heavy (non-hydrogen) atoms. The number of carbonyl (C=O) groups excluding carboxylic acids is 1. The monoisotopic (exact) mass is 267 g/mol. The molecular formula is C17H17NO2. The second-order valence-corrected chi connectivity index (χ2v) is 5.08. The number of aldehydes is 1. The Morgan fingerprint density at radius 3 is 2.50 bits per heavy atom. The third kappa shape index (κ3) is 1.95. The number of fused-ring (bicyclic) bond motifs is 3. The molecule has 0 spiro atoms. The maximum atomic E-state index is 10.7. The molecule has 0 bridgehead atoms. The molecule has 0 amide bonds. The summed E-state index contributed by atoms with van der Waals surface area (Å²) in [4.78, 5) is 10.7. The normalized spacial score (nSPS) is 11.2. The molecule has 102 valence electrons. The van der Waals surface area contributed by atoms with Gasteiger partial charge >= 0.3 is 0 Å². The van der Waals surface area contributed by atoms with Crippen LogP contribution >= 0.6 is 0 Å². The van der Waals surface area contributed by atoms with Gasteiger partial charge in [-0.1, -0.05) is 13.0 Å². The summed E-state index contributed by atoms with van der Waals surface area (Å²) >= 11 is 0. The van der Waals surface area contributed by atoms with Gasteiger partial charge in [-0.15, -0.1) is 0 Å². The molecule has 1 aromatic heterocycles. The predicted octanol–water partition coefficient (Wildman–Crippen LogP) is 3.65. The number of aryl methyl sites for hydroxylation is 1. The third-order valence-electron chi connectivity index (χ3n) is 3.68. The minimum atomic E-state index is 0.272. The van der Waals surface area contributed by atoms with Crippen LogP contribution in [0.25, 0.3) is 21.8 Å². The molecular weight excluding hydrogens is 250 g/mol. The Bertz CT molecular complexity index is 786. The van der Waals surface area contributed by atoms with Crippen molar-refractivity contribution in [3.63, 3.8) is 0 Å². The van der Waals surface area contributed by atoms with Gasteiger partial charge in [0.15, 0.2) is 0 Å². The molecule has 0 saturated carbocycles. The van der Waals surface area contributed by atoms with Gasteiger partial charge in [0.2, 0.25) is 0 Å². The number of aromatic hydroxyl groups is 1. The number of rotatable bonds is 4. The van der Waals surface area contributed by atoms with E-state index >= 15 is 0 Å². The van der Waals surface area contributed by atoms with Gasteiger partial charge in [0.25, 0.3) is 0 Å². The summed E-state index contributed by atoms with van der Waals surface area (Å²) in [7, 11) is 0. The van der Waals surface area contributed by atoms with Crippen molar-refractivity contribution < 1.29 is 9.90 Å². The fourth-order valence-electron chi connectivity index (χ4n) is 2.83. The number of benzene rings is 2. The summed E-state index contributed by atoms with van der Waals surface area (Å²) < 4.78 is 2.27. The molecule has 2 aromatic carbocycles. The van der Waals surface area contributed by atoms with Gasteiger partial charge in [-0.2, -0.15) is 0 Å². The maximum Gasteiger partial charge on any atom is 0.124 e. The van der Waals surface area contributed by atoms with E-state index in [0.717, 1.165) is 46.6 Å². The van der Waals surface area contributed by atoms with E-state index in [9.17, 15) is 9.90 Å². The highest BCUT2D eigenvalue weighted by atomic mass is 16.3. The van der Waals surface area contributed by atoms with Crippen LogP contribution in [0.4, 0.5) is 0 Å². The lowest BCUT2D eigenvalue weighted by Crippen LogP contribution is -1.95. The number of carbonyl (C=O) groups is 1. The van der Waals surface area contributed by atoms with Crippen molar-refractivity contribution in [2.24, 2.45) is 0 Å². The van der Waals surface area contributed by atoms with Gasteiger partial charge < -0.3 is 14.5 Å². The van der Waals surface area contributed by atoms with E-state index in [1.54, 1.807) is 12.1 Å². The van der Waals surface area contributed by atoms with Crippen LogP contribution in [0.2, 0.25) is 0 Å². The molecule has 3 rings (SSSR count). The van der Waals surface area contributed by atoms with Crippen molar-refractivity contribution in [3.05, 3.63) is 42.0 Å². The highest BCUT2D eigenvalue weighted by Gasteiger charge is 2.11. The Labute approximate surface area is 117 Å². The van der Waals surface area contributed by atoms with Crippen molar-refractivity contribution in [2.75, 3.05) is 0 Å². The lowest BCUT2D eigenvalue weighted by molar-refractivity contribution is -0.107. The van der Waals surface area contributed by atoms with Crippen molar-refractivity contribution >= 4 is 28.1 Å². The third-order valence-corrected chi connectivity index (χ3v) is 3.68. The largest absolute Gasteiger partial charge is 0.508 e. The Balaban J connectivity index is 2.37. The summed E-state index contributed by atoms with van der Waals surface area (Å²) in [5.74, 6) is 0.272. The number of phenolic OH excluding ortho intramolecular Hbond substituents is 1. The quantitative estimate of drug-likeness (QED) is 0.733. The van der Waals surface area contributed by atoms with E-state index in [2.05, 4.69) is 23.6 Å². The molecule has 0 aliphatic heterocycles. The van der Waals surface area contributed by atoms with Crippen LogP contribution in [0.15, 0.2) is 36.4 Å². The van der Waals surface area contributed by atoms with Crippen LogP contribution in [0.5, 0.6) is 5.75 Å². The molecule has 0 unspecified atom stereocenters. The molecule has 1 N–H and O–H groups in total. The fourth-order valence-corrected chi connectivity index (χ4v) is 2.83. The second-order valence-electron chi connectivity index (χ2n) is 5.08. The van der Waals surface area contributed by atoms with Crippen molar-refractivity contribution in [1.82, 2.24) is 4.57 Å². The molecule has 0 atom stereocenters. The molecule has 0 fully saturated rings. The molecule has 0 radical (unpaired) electrons. The highest BCUT2D eigenvalue weighted by molar-refractivity contribution is 6.08. The average Bonchev–Trinajstić information content (AvgIpc) is 2.73. The number of aromatic nitrogens is 1. The van der Waals surface area contributed by atoms with E-state index in [1.807, 2.05) is 12.1 Å². The maximum absolute atomic E-state index is 10.7. The van der Waals surface area contributed by atoms with Crippen LogP contribution in [0.1, 0.15) is 18.9 Å². The van der Waals surface area contributed by atoms with Crippen LogP contribution in [0.3, 0.4) is 0 Å². The molecule has 0 saturated heterocycles. The van der Waals surface area contributed by atoms with Gasteiger partial charge in [-0.25, -0.2) is 0 Å². The standard InChI is InChI=1S/C17H17NO2/c1-2-8-18-16-5-3-12(7-9-19)10-14(16)15-11-13(20)4-6-17(15)18/h3-6,9-11,20H,2,7-8H2,1H3. The number of hydrogen-bond acceptors (Lipinski definition) is 2. The summed E-state index contributed by atoms with van der Waals surface area (Å²) in [6.07, 6.45) is 2.40. The van der Waals surface area contributed by atoms with Crippen LogP contribution in [0, 0.1) is 0 Å². The van der Waals surface area contributed by atoms with Crippen molar-refractivity contribution in [3.8, 4) is 5.75 Å². The first-order chi connectivity index (χ1) is 9.74. The SMILES string of the molecule is CCCn1c2ccc(O)cc2c2cc(CC=O)ccc21. The fraction of sp³-hybridized carbons (Fsp3) is 0.235. The van der Waals surface area contributed by atoms with E-state index in [0.29, 0.717) is 6.42 Å². The Hall–Kier alpha value is -2.29. The summed E-state index contributed by atoms with van der Waals surface area (Å²) in [5.41, 5.74) is 3.29. The van der Waals surface area contributed by atoms with Crippen molar-refractivity contribution in [2.45, 2.75) is 26.3 Å². The van der Waals surface area contributed by atoms with Gasteiger partial charge in [-0.05, 0) is 42.3 Å². The van der Waals surface area contributed by atoms with E-state index < -0.39 is 0 Å². The Morgan fingerprint density at radius 2 is 1.80 bits per heavy atom. The molecule has 0 aliphatic rings. The van der Waals surface area contributed by atoms with Gasteiger partial charge in [0, 0.05) is 34.8 Å². The molecule has 3 nitrogen and oxygen atoms in total. The number of nitrogens with zero attached hydrogens (tertiary/aromatic N) is 1. The topological polar surface area (TPSA) is 42.2 Å². The van der Waals surface area contributed by atoms with E-state index in [4.69, 9.17) is 0 Å². The van der Waals surface area contributed by atoms with E-state index in [-0.39, 0.29) is 5.75 Å². The Morgan fingerprint density at radius 1 is 1.10 bits per heavy atom. The smallest absolute Gasteiger partial charge is 0.124 e. The lowest BCUT2D eigenvalue weighted by Gasteiger charge is -2.05. The highest BCUT2D eigenvalue weighted by Crippen LogP contribution is 2.32. The van der Waals surface area contributed by atoms with Gasteiger partial charge in [0.1, 0.15) is 12.0 Å². The number of hydrogen-bond donors (Lipinski definition) is 1. The first kappa shape index (κ1) is 12.7. The van der Waals surface area contributed by atoms with Crippen molar-refractivity contribution in [1.29, 1.82) is 0 Å². The molecule has 3 heteroatoms. The first-order valence-electron chi connectivity index (χ1n) is 6.92. The van der Waals surface area contributed by atoms with E-state index in [1.165, 1.54) is 0 Å². The zero-order valence-electron chi connectivity index (χ0n) is 11.5.